The number of nitrogens with two attached hydrogens (primary N) is 1. The fourth-order valence-corrected chi connectivity index (χ4v) is 4.98. The van der Waals surface area contributed by atoms with Gasteiger partial charge in [0.15, 0.2) is 5.82 Å². The molecule has 0 radical (unpaired) electrons. The Balaban J connectivity index is 1.72. The van der Waals surface area contributed by atoms with Crippen LogP contribution in [0.3, 0.4) is 0 Å². The zero-order valence-electron chi connectivity index (χ0n) is 15.9. The highest BCUT2D eigenvalue weighted by atomic mass is 32.2. The number of aromatic nitrogens is 3. The number of anilines is 1. The van der Waals surface area contributed by atoms with Crippen molar-refractivity contribution in [3.8, 4) is 0 Å². The number of nitrogen functional groups attached to an aromatic ring is 1. The van der Waals surface area contributed by atoms with E-state index in [-0.39, 0.29) is 5.75 Å². The smallest absolute Gasteiger partial charge is 0.151 e. The van der Waals surface area contributed by atoms with Crippen LogP contribution in [0.15, 0.2) is 6.20 Å². The Morgan fingerprint density at radius 1 is 1.23 bits per heavy atom. The summed E-state index contributed by atoms with van der Waals surface area (Å²) >= 11 is 0. The van der Waals surface area contributed by atoms with Crippen molar-refractivity contribution in [2.24, 2.45) is 5.92 Å². The van der Waals surface area contributed by atoms with Crippen molar-refractivity contribution in [2.75, 3.05) is 17.2 Å². The predicted octanol–water partition coefficient (Wildman–Crippen LogP) is 3.27. The van der Waals surface area contributed by atoms with Crippen LogP contribution in [-0.4, -0.2) is 34.5 Å². The molecule has 7 heteroatoms. The Bertz CT molecular complexity index is 869. The molecule has 3 rings (SSSR count). The number of hydrogen-bond acceptors (Lipinski definition) is 5. The van der Waals surface area contributed by atoms with Crippen LogP contribution in [0.2, 0.25) is 0 Å². The lowest BCUT2D eigenvalue weighted by Gasteiger charge is -2.11. The molecule has 2 N–H and O–H groups in total. The third-order valence-corrected chi connectivity index (χ3v) is 6.95. The zero-order valence-corrected chi connectivity index (χ0v) is 16.7. The third-order valence-electron chi connectivity index (χ3n) is 5.12. The maximum atomic E-state index is 12.0. The topological polar surface area (TPSA) is 90.9 Å². The minimum atomic E-state index is -2.92. The quantitative estimate of drug-likeness (QED) is 0.641. The van der Waals surface area contributed by atoms with Crippen molar-refractivity contribution < 1.29 is 8.42 Å². The van der Waals surface area contributed by atoms with Gasteiger partial charge in [0.05, 0.1) is 17.0 Å². The van der Waals surface area contributed by atoms with Gasteiger partial charge in [0.25, 0.3) is 0 Å². The van der Waals surface area contributed by atoms with Crippen LogP contribution in [-0.2, 0) is 22.8 Å². The van der Waals surface area contributed by atoms with E-state index in [9.17, 15) is 8.42 Å². The molecule has 1 saturated carbocycles. The lowest BCUT2D eigenvalue weighted by Crippen LogP contribution is -2.12. The molecule has 0 bridgehead atoms. The molecule has 2 aromatic heterocycles. The number of pyridine rings is 1. The standard InChI is InChI=1S/C19H30N4O2S/c1-3-4-10-26(24,25)11-6-5-9-23-16(12-15-7-8-15)22-17-18(23)14(2)13-21-19(17)20/h13,15H,3-12H2,1-2H3,(H2,20,21). The van der Waals surface area contributed by atoms with E-state index in [2.05, 4.69) is 9.55 Å². The molecule has 0 aliphatic heterocycles. The molecular weight excluding hydrogens is 348 g/mol. The van der Waals surface area contributed by atoms with Gasteiger partial charge in [0.2, 0.25) is 0 Å². The summed E-state index contributed by atoms with van der Waals surface area (Å²) in [4.78, 5) is 9.01. The Labute approximate surface area is 156 Å². The number of imidazole rings is 1. The van der Waals surface area contributed by atoms with Crippen LogP contribution in [0.25, 0.3) is 11.0 Å². The van der Waals surface area contributed by atoms with Crippen LogP contribution >= 0.6 is 0 Å². The molecule has 0 amide bonds. The van der Waals surface area contributed by atoms with Gasteiger partial charge in [-0.25, -0.2) is 18.4 Å². The summed E-state index contributed by atoms with van der Waals surface area (Å²) in [6.07, 6.45) is 8.50. The van der Waals surface area contributed by atoms with E-state index in [0.717, 1.165) is 60.6 Å². The summed E-state index contributed by atoms with van der Waals surface area (Å²) in [6.45, 7) is 4.83. The Morgan fingerprint density at radius 3 is 2.65 bits per heavy atom. The highest BCUT2D eigenvalue weighted by Crippen LogP contribution is 2.34. The van der Waals surface area contributed by atoms with Crippen LogP contribution in [0.4, 0.5) is 5.82 Å². The first-order valence-electron chi connectivity index (χ1n) is 9.72. The molecule has 6 nitrogen and oxygen atoms in total. The normalized spacial score (nSPS) is 15.0. The van der Waals surface area contributed by atoms with Crippen molar-refractivity contribution in [1.82, 2.24) is 14.5 Å². The maximum absolute atomic E-state index is 12.0. The average molecular weight is 379 g/mol. The molecule has 0 atom stereocenters. The molecule has 0 unspecified atom stereocenters. The van der Waals surface area contributed by atoms with Crippen molar-refractivity contribution in [3.63, 3.8) is 0 Å². The zero-order chi connectivity index (χ0) is 18.7. The molecule has 0 spiro atoms. The Hall–Kier alpha value is -1.63. The van der Waals surface area contributed by atoms with Gasteiger partial charge in [-0.2, -0.15) is 0 Å². The fraction of sp³-hybridized carbons (Fsp3) is 0.684. The fourth-order valence-electron chi connectivity index (χ4n) is 3.40. The van der Waals surface area contributed by atoms with Gasteiger partial charge in [-0.15, -0.1) is 0 Å². The minimum absolute atomic E-state index is 0.278. The van der Waals surface area contributed by atoms with Gasteiger partial charge in [-0.1, -0.05) is 13.3 Å². The number of aryl methyl sites for hydroxylation is 2. The van der Waals surface area contributed by atoms with Gasteiger partial charge >= 0.3 is 0 Å². The first-order chi connectivity index (χ1) is 12.4. The number of nitrogens with zero attached hydrogens (tertiary/aromatic N) is 3. The van der Waals surface area contributed by atoms with E-state index >= 15 is 0 Å². The van der Waals surface area contributed by atoms with E-state index in [1.165, 1.54) is 12.8 Å². The van der Waals surface area contributed by atoms with Crippen LogP contribution < -0.4 is 5.73 Å². The number of rotatable bonds is 10. The molecule has 2 heterocycles. The van der Waals surface area contributed by atoms with E-state index in [0.29, 0.717) is 18.0 Å². The average Bonchev–Trinajstić information content (AvgIpc) is 3.33. The first kappa shape index (κ1) is 19.1. The van der Waals surface area contributed by atoms with Crippen LogP contribution in [0.5, 0.6) is 0 Å². The summed E-state index contributed by atoms with van der Waals surface area (Å²) in [7, 11) is -2.92. The maximum Gasteiger partial charge on any atom is 0.151 e. The van der Waals surface area contributed by atoms with E-state index < -0.39 is 9.84 Å². The van der Waals surface area contributed by atoms with Gasteiger partial charge in [-0.3, -0.25) is 0 Å². The number of hydrogen-bond donors (Lipinski definition) is 1. The molecule has 2 aromatic rings. The van der Waals surface area contributed by atoms with E-state index in [1.54, 1.807) is 6.20 Å². The van der Waals surface area contributed by atoms with Crippen molar-refractivity contribution in [1.29, 1.82) is 0 Å². The number of fused-ring (bicyclic) bond motifs is 1. The summed E-state index contributed by atoms with van der Waals surface area (Å²) in [6, 6.07) is 0. The molecule has 0 aromatic carbocycles. The van der Waals surface area contributed by atoms with Gasteiger partial charge in [0.1, 0.15) is 21.2 Å². The van der Waals surface area contributed by atoms with Gasteiger partial charge in [0, 0.05) is 19.2 Å². The second kappa shape index (κ2) is 7.94. The second-order valence-electron chi connectivity index (χ2n) is 7.56. The summed E-state index contributed by atoms with van der Waals surface area (Å²) in [5.41, 5.74) is 8.96. The molecule has 1 aliphatic rings. The SMILES string of the molecule is CCCCS(=O)(=O)CCCCn1c(CC2CC2)nc2c(N)ncc(C)c21. The number of sulfone groups is 1. The Kier molecular flexibility index (Phi) is 5.85. The number of unbranched alkanes of at least 4 members (excludes halogenated alkanes) is 2. The molecule has 1 aliphatic carbocycles. The molecule has 26 heavy (non-hydrogen) atoms. The summed E-state index contributed by atoms with van der Waals surface area (Å²) in [5.74, 6) is 2.86. The lowest BCUT2D eigenvalue weighted by atomic mass is 10.2. The van der Waals surface area contributed by atoms with E-state index in [4.69, 9.17) is 10.7 Å². The highest BCUT2D eigenvalue weighted by molar-refractivity contribution is 7.91. The first-order valence-corrected chi connectivity index (χ1v) is 11.5. The van der Waals surface area contributed by atoms with Crippen LogP contribution in [0, 0.1) is 12.8 Å². The summed E-state index contributed by atoms with van der Waals surface area (Å²) in [5, 5.41) is 0. The molecule has 0 saturated heterocycles. The molecule has 1 fully saturated rings. The Morgan fingerprint density at radius 2 is 1.96 bits per heavy atom. The predicted molar refractivity (Wildman–Crippen MR) is 106 cm³/mol. The third kappa shape index (κ3) is 4.55. The van der Waals surface area contributed by atoms with Crippen LogP contribution in [0.1, 0.15) is 56.8 Å². The van der Waals surface area contributed by atoms with Gasteiger partial charge in [-0.05, 0) is 50.5 Å². The molecule has 144 valence electrons. The minimum Gasteiger partial charge on any atom is -0.382 e. The molecular formula is C19H30N4O2S. The van der Waals surface area contributed by atoms with Crippen molar-refractivity contribution in [3.05, 3.63) is 17.6 Å². The monoisotopic (exact) mass is 378 g/mol. The largest absolute Gasteiger partial charge is 0.382 e. The van der Waals surface area contributed by atoms with Crippen molar-refractivity contribution >= 4 is 26.7 Å². The summed E-state index contributed by atoms with van der Waals surface area (Å²) < 4.78 is 26.3. The highest BCUT2D eigenvalue weighted by Gasteiger charge is 2.25. The van der Waals surface area contributed by atoms with Crippen molar-refractivity contribution in [2.45, 2.75) is 65.3 Å². The lowest BCUT2D eigenvalue weighted by molar-refractivity contribution is 0.575. The van der Waals surface area contributed by atoms with Gasteiger partial charge < -0.3 is 10.3 Å². The van der Waals surface area contributed by atoms with E-state index in [1.807, 2.05) is 13.8 Å². The second-order valence-corrected chi connectivity index (χ2v) is 9.87.